The van der Waals surface area contributed by atoms with Gasteiger partial charge in [0, 0.05) is 0 Å². The molecule has 0 aliphatic carbocycles. The van der Waals surface area contributed by atoms with Crippen molar-refractivity contribution in [1.29, 1.82) is 0 Å². The van der Waals surface area contributed by atoms with E-state index in [1.165, 1.54) is 61.8 Å². The van der Waals surface area contributed by atoms with Gasteiger partial charge in [0.1, 0.15) is 0 Å². The van der Waals surface area contributed by atoms with Crippen LogP contribution in [-0.2, 0) is 4.44 Å². The van der Waals surface area contributed by atoms with Gasteiger partial charge >= 0.3 is 135 Å². The maximum absolute atomic E-state index is 13.5. The van der Waals surface area contributed by atoms with Crippen LogP contribution in [-0.4, -0.2) is 18.4 Å². The second kappa shape index (κ2) is 10.6. The van der Waals surface area contributed by atoms with E-state index >= 15 is 0 Å². The molecule has 1 aromatic carbocycles. The van der Waals surface area contributed by atoms with Gasteiger partial charge < -0.3 is 0 Å². The molecule has 21 heavy (non-hydrogen) atoms. The van der Waals surface area contributed by atoms with Crippen LogP contribution in [0.25, 0.3) is 0 Å². The molecule has 2 heteroatoms. The standard InChI is InChI=1S/C7H6F.3C4H9.Sn/c1-6-3-2-4-7(8)5-6;3*1-3-4-2;/h2-5H,1H2;3*1,3-4H2,2H3;. The Hall–Kier alpha value is -0.0513. The molecule has 1 rings (SSSR count). The van der Waals surface area contributed by atoms with Crippen LogP contribution >= 0.6 is 0 Å². The van der Waals surface area contributed by atoms with Gasteiger partial charge in [0.15, 0.2) is 0 Å². The molecule has 120 valence electrons. The molecule has 0 heterocycles. The van der Waals surface area contributed by atoms with E-state index in [4.69, 9.17) is 0 Å². The number of hydrogen-bond acceptors (Lipinski definition) is 0. The minimum atomic E-state index is -2.15. The average Bonchev–Trinajstić information content (AvgIpc) is 2.48. The molecule has 0 radical (unpaired) electrons. The van der Waals surface area contributed by atoms with Crippen molar-refractivity contribution in [1.82, 2.24) is 0 Å². The number of benzene rings is 1. The Balaban J connectivity index is 2.88. The fourth-order valence-electron chi connectivity index (χ4n) is 3.38. The van der Waals surface area contributed by atoms with E-state index in [2.05, 4.69) is 26.8 Å². The van der Waals surface area contributed by atoms with Crippen molar-refractivity contribution in [2.24, 2.45) is 0 Å². The summed E-state index contributed by atoms with van der Waals surface area (Å²) in [5.41, 5.74) is 1.27. The van der Waals surface area contributed by atoms with Gasteiger partial charge in [-0.1, -0.05) is 0 Å². The van der Waals surface area contributed by atoms with E-state index in [1.54, 1.807) is 12.1 Å². The van der Waals surface area contributed by atoms with E-state index in [9.17, 15) is 4.39 Å². The summed E-state index contributed by atoms with van der Waals surface area (Å²) in [5, 5.41) is 0. The minimum absolute atomic E-state index is 0.0610. The van der Waals surface area contributed by atoms with Crippen molar-refractivity contribution < 1.29 is 4.39 Å². The second-order valence-corrected chi connectivity index (χ2v) is 20.5. The average molecular weight is 399 g/mol. The van der Waals surface area contributed by atoms with Crippen LogP contribution in [0.1, 0.15) is 64.9 Å². The van der Waals surface area contributed by atoms with Gasteiger partial charge in [0.25, 0.3) is 0 Å². The molecule has 0 aliphatic rings. The molecule has 0 saturated carbocycles. The van der Waals surface area contributed by atoms with Crippen LogP contribution < -0.4 is 0 Å². The molecule has 0 aromatic heterocycles. The maximum atomic E-state index is 13.5. The summed E-state index contributed by atoms with van der Waals surface area (Å²) < 4.78 is 19.3. The van der Waals surface area contributed by atoms with Crippen LogP contribution in [0.4, 0.5) is 4.39 Å². The number of halogens is 1. The van der Waals surface area contributed by atoms with E-state index < -0.39 is 18.4 Å². The Bertz CT molecular complexity index is 367. The molecule has 0 saturated heterocycles. The number of unbranched alkanes of at least 4 members (excludes halogenated alkanes) is 3. The van der Waals surface area contributed by atoms with Gasteiger partial charge in [-0.25, -0.2) is 0 Å². The Morgan fingerprint density at radius 2 is 1.38 bits per heavy atom. The third-order valence-electron chi connectivity index (χ3n) is 4.65. The molecule has 0 spiro atoms. The molecule has 0 atom stereocenters. The van der Waals surface area contributed by atoms with Crippen molar-refractivity contribution >= 4 is 18.4 Å². The van der Waals surface area contributed by atoms with Crippen molar-refractivity contribution in [2.45, 2.75) is 77.0 Å². The molecular weight excluding hydrogens is 366 g/mol. The summed E-state index contributed by atoms with van der Waals surface area (Å²) in [6, 6.07) is 7.40. The fraction of sp³-hybridized carbons (Fsp3) is 0.684. The van der Waals surface area contributed by atoms with Crippen LogP contribution in [0.2, 0.25) is 13.3 Å². The molecule has 0 bridgehead atoms. The van der Waals surface area contributed by atoms with E-state index in [0.29, 0.717) is 0 Å². The fourth-order valence-corrected chi connectivity index (χ4v) is 19.6. The zero-order valence-electron chi connectivity index (χ0n) is 14.3. The van der Waals surface area contributed by atoms with Gasteiger partial charge in [-0.05, 0) is 0 Å². The monoisotopic (exact) mass is 400 g/mol. The predicted molar refractivity (Wildman–Crippen MR) is 95.0 cm³/mol. The summed E-state index contributed by atoms with van der Waals surface area (Å²) >= 11 is -2.15. The van der Waals surface area contributed by atoms with Crippen LogP contribution in [0, 0.1) is 5.82 Å². The Kier molecular flexibility index (Phi) is 9.62. The zero-order valence-corrected chi connectivity index (χ0v) is 17.1. The Morgan fingerprint density at radius 1 is 0.857 bits per heavy atom. The first-order valence-corrected chi connectivity index (χ1v) is 17.0. The van der Waals surface area contributed by atoms with Gasteiger partial charge in [0.05, 0.1) is 0 Å². The zero-order chi connectivity index (χ0) is 15.6. The quantitative estimate of drug-likeness (QED) is 0.361. The SMILES string of the molecule is CCC[CH2][Sn]([CH2]CCC)([CH2]CCC)[CH2]c1cccc(F)c1. The van der Waals surface area contributed by atoms with Gasteiger partial charge in [-0.15, -0.1) is 0 Å². The summed E-state index contributed by atoms with van der Waals surface area (Å²) in [4.78, 5) is 0. The van der Waals surface area contributed by atoms with Crippen molar-refractivity contribution in [3.8, 4) is 0 Å². The molecule has 0 unspecified atom stereocenters. The van der Waals surface area contributed by atoms with Gasteiger partial charge in [-0.3, -0.25) is 0 Å². The summed E-state index contributed by atoms with van der Waals surface area (Å²) in [7, 11) is 0. The topological polar surface area (TPSA) is 0 Å². The van der Waals surface area contributed by atoms with Crippen LogP contribution in [0.3, 0.4) is 0 Å². The number of hydrogen-bond donors (Lipinski definition) is 0. The first-order valence-electron chi connectivity index (χ1n) is 8.90. The van der Waals surface area contributed by atoms with Crippen molar-refractivity contribution in [3.63, 3.8) is 0 Å². The van der Waals surface area contributed by atoms with E-state index in [-0.39, 0.29) is 5.82 Å². The third kappa shape index (κ3) is 7.17. The van der Waals surface area contributed by atoms with Crippen LogP contribution in [0.15, 0.2) is 24.3 Å². The molecule has 0 amide bonds. The van der Waals surface area contributed by atoms with E-state index in [0.717, 1.165) is 0 Å². The summed E-state index contributed by atoms with van der Waals surface area (Å²) in [6.07, 6.45) is 8.08. The van der Waals surface area contributed by atoms with Gasteiger partial charge in [-0.2, -0.15) is 0 Å². The molecular formula is C19H33FSn. The van der Waals surface area contributed by atoms with Gasteiger partial charge in [0.2, 0.25) is 0 Å². The van der Waals surface area contributed by atoms with Crippen LogP contribution in [0.5, 0.6) is 0 Å². The number of rotatable bonds is 11. The third-order valence-corrected chi connectivity index (χ3v) is 20.1. The summed E-state index contributed by atoms with van der Waals surface area (Å²) in [5.74, 6) is -0.0610. The second-order valence-electron chi connectivity index (χ2n) is 6.62. The molecule has 0 nitrogen and oxygen atoms in total. The summed E-state index contributed by atoms with van der Waals surface area (Å²) in [6.45, 7) is 6.91. The molecule has 1 aromatic rings. The molecule has 0 N–H and O–H groups in total. The first kappa shape index (κ1) is 19.0. The van der Waals surface area contributed by atoms with Crippen molar-refractivity contribution in [3.05, 3.63) is 35.6 Å². The normalized spacial score (nSPS) is 11.8. The molecule has 0 aliphatic heterocycles. The Morgan fingerprint density at radius 3 is 1.81 bits per heavy atom. The molecule has 0 fully saturated rings. The van der Waals surface area contributed by atoms with Crippen molar-refractivity contribution in [2.75, 3.05) is 0 Å². The van der Waals surface area contributed by atoms with E-state index in [1.807, 2.05) is 6.07 Å². The predicted octanol–water partition coefficient (Wildman–Crippen LogP) is 6.76. The Labute approximate surface area is 135 Å². The first-order chi connectivity index (χ1) is 10.2.